The molecule has 108 valence electrons. The van der Waals surface area contributed by atoms with Gasteiger partial charge in [-0.05, 0) is 28.8 Å². The van der Waals surface area contributed by atoms with E-state index in [0.717, 1.165) is 22.4 Å². The van der Waals surface area contributed by atoms with Crippen molar-refractivity contribution < 1.29 is 9.90 Å². The molecule has 2 N–H and O–H groups in total. The van der Waals surface area contributed by atoms with Crippen molar-refractivity contribution in [3.05, 3.63) is 65.2 Å². The molecular weight excluding hydrogens is 264 g/mol. The lowest BCUT2D eigenvalue weighted by Crippen LogP contribution is -2.35. The Balaban J connectivity index is 1.80. The minimum Gasteiger partial charge on any atom is -0.388 e. The second-order valence-electron chi connectivity index (χ2n) is 5.41. The summed E-state index contributed by atoms with van der Waals surface area (Å²) >= 11 is 0. The number of fused-ring (bicyclic) bond motifs is 1. The molecule has 0 bridgehead atoms. The van der Waals surface area contributed by atoms with Crippen molar-refractivity contribution in [1.29, 1.82) is 0 Å². The van der Waals surface area contributed by atoms with Crippen molar-refractivity contribution in [3.63, 3.8) is 0 Å². The first-order chi connectivity index (χ1) is 10.1. The second kappa shape index (κ2) is 5.58. The van der Waals surface area contributed by atoms with E-state index < -0.39 is 6.10 Å². The Hall–Kier alpha value is -2.33. The van der Waals surface area contributed by atoms with Crippen LogP contribution in [0.25, 0.3) is 0 Å². The first kappa shape index (κ1) is 13.6. The van der Waals surface area contributed by atoms with E-state index >= 15 is 0 Å². The van der Waals surface area contributed by atoms with Crippen LogP contribution in [-0.2, 0) is 13.0 Å². The number of hydrogen-bond acceptors (Lipinski definition) is 2. The highest BCUT2D eigenvalue weighted by atomic mass is 16.3. The highest BCUT2D eigenvalue weighted by Gasteiger charge is 2.20. The number of urea groups is 1. The van der Waals surface area contributed by atoms with Gasteiger partial charge >= 0.3 is 6.03 Å². The zero-order valence-corrected chi connectivity index (χ0v) is 11.9. The fourth-order valence-corrected chi connectivity index (χ4v) is 2.57. The van der Waals surface area contributed by atoms with Gasteiger partial charge in [-0.3, -0.25) is 0 Å². The number of aliphatic hydroxyl groups is 1. The first-order valence-electron chi connectivity index (χ1n) is 7.00. The fraction of sp³-hybridized carbons (Fsp3) is 0.235. The summed E-state index contributed by atoms with van der Waals surface area (Å²) in [5, 5.41) is 13.2. The summed E-state index contributed by atoms with van der Waals surface area (Å²) in [7, 11) is 1.76. The Labute approximate surface area is 124 Å². The molecular formula is C17H18N2O2. The monoisotopic (exact) mass is 282 g/mol. The van der Waals surface area contributed by atoms with Gasteiger partial charge in [-0.2, -0.15) is 0 Å². The number of nitrogens with one attached hydrogen (secondary N) is 1. The topological polar surface area (TPSA) is 52.6 Å². The molecule has 0 saturated carbocycles. The lowest BCUT2D eigenvalue weighted by atomic mass is 9.98. The third kappa shape index (κ3) is 2.90. The number of carbonyl (C=O) groups is 1. The number of benzene rings is 2. The highest BCUT2D eigenvalue weighted by Crippen LogP contribution is 2.27. The molecule has 1 aliphatic rings. The molecule has 4 heteroatoms. The average Bonchev–Trinajstić information content (AvgIpc) is 2.49. The molecule has 0 fully saturated rings. The molecule has 0 aromatic heterocycles. The van der Waals surface area contributed by atoms with Crippen molar-refractivity contribution in [1.82, 2.24) is 4.90 Å². The van der Waals surface area contributed by atoms with Gasteiger partial charge in [0, 0.05) is 25.7 Å². The zero-order chi connectivity index (χ0) is 14.8. The lowest BCUT2D eigenvalue weighted by Gasteiger charge is -2.26. The molecule has 2 amide bonds. The molecule has 2 aromatic carbocycles. The molecule has 0 saturated heterocycles. The average molecular weight is 282 g/mol. The van der Waals surface area contributed by atoms with E-state index in [1.165, 1.54) is 0 Å². The van der Waals surface area contributed by atoms with Gasteiger partial charge in [0.25, 0.3) is 0 Å². The van der Waals surface area contributed by atoms with Crippen LogP contribution in [0.5, 0.6) is 0 Å². The number of amides is 2. The van der Waals surface area contributed by atoms with E-state index in [9.17, 15) is 9.90 Å². The maximum absolute atomic E-state index is 11.6. The van der Waals surface area contributed by atoms with E-state index in [1.807, 2.05) is 48.5 Å². The summed E-state index contributed by atoms with van der Waals surface area (Å²) < 4.78 is 0. The number of anilines is 1. The van der Waals surface area contributed by atoms with Gasteiger partial charge in [-0.25, -0.2) is 4.79 Å². The van der Waals surface area contributed by atoms with Gasteiger partial charge in [0.05, 0.1) is 6.10 Å². The van der Waals surface area contributed by atoms with Gasteiger partial charge < -0.3 is 15.3 Å². The largest absolute Gasteiger partial charge is 0.388 e. The predicted octanol–water partition coefficient (Wildman–Crippen LogP) is 2.94. The van der Waals surface area contributed by atoms with E-state index in [0.29, 0.717) is 13.0 Å². The lowest BCUT2D eigenvalue weighted by molar-refractivity contribution is 0.178. The summed E-state index contributed by atoms with van der Waals surface area (Å²) in [6.07, 6.45) is 0.0441. The van der Waals surface area contributed by atoms with E-state index in [-0.39, 0.29) is 6.03 Å². The summed E-state index contributed by atoms with van der Waals surface area (Å²) in [6, 6.07) is 15.5. The number of nitrogens with zero attached hydrogens (tertiary/aromatic N) is 1. The molecule has 21 heavy (non-hydrogen) atoms. The van der Waals surface area contributed by atoms with Crippen LogP contribution < -0.4 is 5.32 Å². The number of hydrogen-bond donors (Lipinski definition) is 2. The first-order valence-corrected chi connectivity index (χ1v) is 7.00. The molecule has 1 atom stereocenters. The molecule has 1 aliphatic heterocycles. The third-order valence-corrected chi connectivity index (χ3v) is 3.78. The second-order valence-corrected chi connectivity index (χ2v) is 5.41. The zero-order valence-electron chi connectivity index (χ0n) is 11.9. The molecule has 0 aliphatic carbocycles. The van der Waals surface area contributed by atoms with E-state index in [1.54, 1.807) is 11.9 Å². The van der Waals surface area contributed by atoms with Gasteiger partial charge in [0.2, 0.25) is 0 Å². The number of aliphatic hydroxyl groups excluding tert-OH is 1. The quantitative estimate of drug-likeness (QED) is 0.909. The minimum absolute atomic E-state index is 0.0971. The van der Waals surface area contributed by atoms with Crippen molar-refractivity contribution in [2.45, 2.75) is 19.1 Å². The SMILES string of the molecule is CN1Cc2cc(C(O)Cc3ccccc3)ccc2NC1=O. The standard InChI is InChI=1S/C17H18N2O2/c1-19-11-14-10-13(7-8-15(14)18-17(19)21)16(20)9-12-5-3-2-4-6-12/h2-8,10,16,20H,9,11H2,1H3,(H,18,21). The third-order valence-electron chi connectivity index (χ3n) is 3.78. The summed E-state index contributed by atoms with van der Waals surface area (Å²) in [5.74, 6) is 0. The molecule has 1 heterocycles. The van der Waals surface area contributed by atoms with E-state index in [4.69, 9.17) is 0 Å². The van der Waals surface area contributed by atoms with Crippen LogP contribution in [0, 0.1) is 0 Å². The van der Waals surface area contributed by atoms with Crippen molar-refractivity contribution in [2.24, 2.45) is 0 Å². The molecule has 0 spiro atoms. The van der Waals surface area contributed by atoms with Crippen LogP contribution in [-0.4, -0.2) is 23.1 Å². The van der Waals surface area contributed by atoms with Crippen LogP contribution in [0.1, 0.15) is 22.8 Å². The van der Waals surface area contributed by atoms with Crippen LogP contribution in [0.2, 0.25) is 0 Å². The van der Waals surface area contributed by atoms with Crippen LogP contribution in [0.15, 0.2) is 48.5 Å². The Morgan fingerprint density at radius 1 is 1.24 bits per heavy atom. The summed E-state index contributed by atoms with van der Waals surface area (Å²) in [4.78, 5) is 13.2. The Kier molecular flexibility index (Phi) is 3.62. The molecule has 4 nitrogen and oxygen atoms in total. The van der Waals surface area contributed by atoms with Gasteiger partial charge in [0.15, 0.2) is 0 Å². The van der Waals surface area contributed by atoms with Crippen molar-refractivity contribution in [3.8, 4) is 0 Å². The van der Waals surface area contributed by atoms with Crippen molar-refractivity contribution in [2.75, 3.05) is 12.4 Å². The maximum atomic E-state index is 11.6. The number of rotatable bonds is 3. The maximum Gasteiger partial charge on any atom is 0.321 e. The Morgan fingerprint density at radius 3 is 2.76 bits per heavy atom. The van der Waals surface area contributed by atoms with Gasteiger partial charge in [-0.15, -0.1) is 0 Å². The normalized spacial score (nSPS) is 15.3. The smallest absolute Gasteiger partial charge is 0.321 e. The summed E-state index contributed by atoms with van der Waals surface area (Å²) in [5.41, 5.74) is 3.84. The molecule has 2 aromatic rings. The van der Waals surface area contributed by atoms with Crippen LogP contribution in [0.3, 0.4) is 0 Å². The Morgan fingerprint density at radius 2 is 2.00 bits per heavy atom. The predicted molar refractivity (Wildman–Crippen MR) is 82.0 cm³/mol. The van der Waals surface area contributed by atoms with Gasteiger partial charge in [-0.1, -0.05) is 36.4 Å². The summed E-state index contributed by atoms with van der Waals surface area (Å²) in [6.45, 7) is 0.563. The molecule has 1 unspecified atom stereocenters. The molecule has 3 rings (SSSR count). The van der Waals surface area contributed by atoms with Crippen molar-refractivity contribution >= 4 is 11.7 Å². The fourth-order valence-electron chi connectivity index (χ4n) is 2.57. The van der Waals surface area contributed by atoms with Crippen LogP contribution in [0.4, 0.5) is 10.5 Å². The highest BCUT2D eigenvalue weighted by molar-refractivity contribution is 5.92. The molecule has 0 radical (unpaired) electrons. The van der Waals surface area contributed by atoms with E-state index in [2.05, 4.69) is 5.32 Å². The number of carbonyl (C=O) groups excluding carboxylic acids is 1. The van der Waals surface area contributed by atoms with Gasteiger partial charge in [0.1, 0.15) is 0 Å². The Bertz CT molecular complexity index is 655. The van der Waals surface area contributed by atoms with Crippen LogP contribution >= 0.6 is 0 Å². The minimum atomic E-state index is -0.541.